The number of aryl methyl sites for hydroxylation is 1. The molecular weight excluding hydrogens is 346 g/mol. The number of benzene rings is 2. The number of rotatable bonds is 6. The molecule has 1 N–H and O–H groups in total. The third-order valence-corrected chi connectivity index (χ3v) is 5.94. The summed E-state index contributed by atoms with van der Waals surface area (Å²) in [5.41, 5.74) is 2.84. The van der Waals surface area contributed by atoms with Gasteiger partial charge in [0, 0.05) is 12.1 Å². The number of fused-ring (bicyclic) bond motifs is 1. The number of imidazole rings is 1. The van der Waals surface area contributed by atoms with Gasteiger partial charge >= 0.3 is 0 Å². The molecule has 1 aromatic heterocycles. The highest BCUT2D eigenvalue weighted by Crippen LogP contribution is 2.28. The van der Waals surface area contributed by atoms with E-state index in [0.717, 1.165) is 29.3 Å². The summed E-state index contributed by atoms with van der Waals surface area (Å²) in [5.74, 6) is 1.71. The van der Waals surface area contributed by atoms with Crippen molar-refractivity contribution in [3.05, 3.63) is 66.0 Å². The third-order valence-electron chi connectivity index (χ3n) is 5.94. The average molecular weight is 376 g/mol. The number of amides is 1. The van der Waals surface area contributed by atoms with E-state index in [1.54, 1.807) is 0 Å². The molecule has 2 aromatic carbocycles. The Bertz CT molecular complexity index is 925. The maximum Gasteiger partial charge on any atom is 0.251 e. The molecule has 4 heteroatoms. The monoisotopic (exact) mass is 375 g/mol. The van der Waals surface area contributed by atoms with Crippen molar-refractivity contribution in [2.24, 2.45) is 5.92 Å². The van der Waals surface area contributed by atoms with Crippen LogP contribution in [0, 0.1) is 5.92 Å². The lowest BCUT2D eigenvalue weighted by Gasteiger charge is -2.23. The fourth-order valence-corrected chi connectivity index (χ4v) is 4.38. The van der Waals surface area contributed by atoms with Gasteiger partial charge in [-0.05, 0) is 43.5 Å². The Labute approximate surface area is 167 Å². The summed E-state index contributed by atoms with van der Waals surface area (Å²) in [5, 5.41) is 3.13. The molecule has 1 aliphatic rings. The summed E-state index contributed by atoms with van der Waals surface area (Å²) in [4.78, 5) is 17.5. The molecule has 3 aromatic rings. The second-order valence-corrected chi connectivity index (χ2v) is 7.96. The van der Waals surface area contributed by atoms with Crippen molar-refractivity contribution in [3.63, 3.8) is 0 Å². The highest BCUT2D eigenvalue weighted by molar-refractivity contribution is 5.94. The highest BCUT2D eigenvalue weighted by atomic mass is 16.1. The summed E-state index contributed by atoms with van der Waals surface area (Å²) < 4.78 is 2.32. The Hall–Kier alpha value is -2.62. The smallest absolute Gasteiger partial charge is 0.251 e. The van der Waals surface area contributed by atoms with Crippen LogP contribution in [0.4, 0.5) is 0 Å². The quantitative estimate of drug-likeness (QED) is 0.618. The van der Waals surface area contributed by atoms with Crippen LogP contribution >= 0.6 is 0 Å². The van der Waals surface area contributed by atoms with Crippen LogP contribution in [0.25, 0.3) is 11.0 Å². The van der Waals surface area contributed by atoms with Gasteiger partial charge in [0.1, 0.15) is 5.82 Å². The first-order valence-electron chi connectivity index (χ1n) is 10.5. The molecule has 28 heavy (non-hydrogen) atoms. The van der Waals surface area contributed by atoms with Crippen molar-refractivity contribution in [1.82, 2.24) is 14.9 Å². The van der Waals surface area contributed by atoms with Crippen molar-refractivity contribution in [3.8, 4) is 0 Å². The molecule has 0 spiro atoms. The molecule has 1 atom stereocenters. The number of nitrogens with zero attached hydrogens (tertiary/aromatic N) is 2. The van der Waals surface area contributed by atoms with E-state index in [1.807, 2.05) is 43.3 Å². The van der Waals surface area contributed by atoms with E-state index in [0.29, 0.717) is 5.56 Å². The minimum Gasteiger partial charge on any atom is -0.342 e. The Morgan fingerprint density at radius 1 is 1.07 bits per heavy atom. The maximum atomic E-state index is 12.6. The fraction of sp³-hybridized carbons (Fsp3) is 0.417. The van der Waals surface area contributed by atoms with Crippen LogP contribution in [0.3, 0.4) is 0 Å². The van der Waals surface area contributed by atoms with Gasteiger partial charge in [-0.1, -0.05) is 62.4 Å². The lowest BCUT2D eigenvalue weighted by Crippen LogP contribution is -2.29. The van der Waals surface area contributed by atoms with Gasteiger partial charge in [0.2, 0.25) is 0 Å². The van der Waals surface area contributed by atoms with Gasteiger partial charge in [-0.3, -0.25) is 4.79 Å². The summed E-state index contributed by atoms with van der Waals surface area (Å²) in [7, 11) is 0. The molecule has 1 saturated carbocycles. The van der Waals surface area contributed by atoms with Gasteiger partial charge < -0.3 is 9.88 Å². The molecule has 1 aliphatic carbocycles. The number of hydrogen-bond acceptors (Lipinski definition) is 2. The van der Waals surface area contributed by atoms with Crippen LogP contribution in [-0.2, 0) is 6.54 Å². The van der Waals surface area contributed by atoms with E-state index >= 15 is 0 Å². The van der Waals surface area contributed by atoms with Crippen LogP contribution < -0.4 is 5.32 Å². The summed E-state index contributed by atoms with van der Waals surface area (Å²) >= 11 is 0. The summed E-state index contributed by atoms with van der Waals surface area (Å²) in [6.07, 6.45) is 8.01. The van der Waals surface area contributed by atoms with Gasteiger partial charge in [-0.25, -0.2) is 4.98 Å². The van der Waals surface area contributed by atoms with E-state index in [4.69, 9.17) is 4.98 Å². The van der Waals surface area contributed by atoms with E-state index in [2.05, 4.69) is 28.1 Å². The first-order valence-corrected chi connectivity index (χ1v) is 10.5. The van der Waals surface area contributed by atoms with Crippen molar-refractivity contribution >= 4 is 16.9 Å². The first-order chi connectivity index (χ1) is 13.7. The van der Waals surface area contributed by atoms with Gasteiger partial charge in [-0.15, -0.1) is 0 Å². The van der Waals surface area contributed by atoms with Crippen molar-refractivity contribution in [1.29, 1.82) is 0 Å². The molecule has 0 saturated heterocycles. The number of aromatic nitrogens is 2. The largest absolute Gasteiger partial charge is 0.342 e. The second-order valence-electron chi connectivity index (χ2n) is 7.96. The van der Waals surface area contributed by atoms with Gasteiger partial charge in [0.05, 0.1) is 17.1 Å². The molecule has 1 heterocycles. The van der Waals surface area contributed by atoms with Crippen LogP contribution in [0.5, 0.6) is 0 Å². The average Bonchev–Trinajstić information content (AvgIpc) is 3.12. The number of carbonyl (C=O) groups is 1. The van der Waals surface area contributed by atoms with E-state index in [-0.39, 0.29) is 11.9 Å². The van der Waals surface area contributed by atoms with Crippen molar-refractivity contribution in [2.75, 3.05) is 0 Å². The van der Waals surface area contributed by atoms with Crippen LogP contribution in [0.15, 0.2) is 54.6 Å². The van der Waals surface area contributed by atoms with Crippen molar-refractivity contribution in [2.45, 2.75) is 58.0 Å². The number of nitrogens with one attached hydrogen (secondary N) is 1. The number of hydrogen-bond donors (Lipinski definition) is 1. The highest BCUT2D eigenvalue weighted by Gasteiger charge is 2.20. The van der Waals surface area contributed by atoms with Crippen LogP contribution in [-0.4, -0.2) is 15.5 Å². The van der Waals surface area contributed by atoms with Gasteiger partial charge in [0.15, 0.2) is 0 Å². The number of carbonyl (C=O) groups excluding carboxylic acids is 1. The zero-order chi connectivity index (χ0) is 19.3. The van der Waals surface area contributed by atoms with E-state index in [1.165, 1.54) is 38.5 Å². The Kier molecular flexibility index (Phi) is 5.75. The maximum absolute atomic E-state index is 12.6. The third kappa shape index (κ3) is 4.11. The molecule has 1 fully saturated rings. The Morgan fingerprint density at radius 3 is 2.57 bits per heavy atom. The fourth-order valence-electron chi connectivity index (χ4n) is 4.38. The number of para-hydroxylation sites is 2. The topological polar surface area (TPSA) is 46.9 Å². The standard InChI is InChI=1S/C24H29N3O/c1-18(25-24(28)20-12-6-3-7-13-20)23-26-21-14-8-9-15-22(21)27(23)17-16-19-10-4-2-5-11-19/h3,6-9,12-15,18-19H,2,4-5,10-11,16-17H2,1H3,(H,25,28). The predicted octanol–water partition coefficient (Wildman–Crippen LogP) is 5.50. The molecular formula is C24H29N3O. The van der Waals surface area contributed by atoms with Crippen molar-refractivity contribution < 1.29 is 4.79 Å². The Balaban J connectivity index is 1.55. The molecule has 1 amide bonds. The Morgan fingerprint density at radius 2 is 1.79 bits per heavy atom. The van der Waals surface area contributed by atoms with Gasteiger partial charge in [0.25, 0.3) is 5.91 Å². The first kappa shape index (κ1) is 18.7. The van der Waals surface area contributed by atoms with E-state index in [9.17, 15) is 4.79 Å². The summed E-state index contributed by atoms with van der Waals surface area (Å²) in [6, 6.07) is 17.5. The van der Waals surface area contributed by atoms with Crippen LogP contribution in [0.2, 0.25) is 0 Å². The zero-order valence-electron chi connectivity index (χ0n) is 16.6. The minimum absolute atomic E-state index is 0.0565. The summed E-state index contributed by atoms with van der Waals surface area (Å²) in [6.45, 7) is 2.99. The molecule has 0 bridgehead atoms. The van der Waals surface area contributed by atoms with Gasteiger partial charge in [-0.2, -0.15) is 0 Å². The predicted molar refractivity (Wildman–Crippen MR) is 113 cm³/mol. The normalized spacial score (nSPS) is 16.2. The molecule has 4 rings (SSSR count). The SMILES string of the molecule is CC(NC(=O)c1ccccc1)c1nc2ccccc2n1CCC1CCCCC1. The minimum atomic E-state index is -0.147. The second kappa shape index (κ2) is 8.59. The van der Waals surface area contributed by atoms with E-state index < -0.39 is 0 Å². The molecule has 1 unspecified atom stereocenters. The van der Waals surface area contributed by atoms with Crippen LogP contribution in [0.1, 0.15) is 67.7 Å². The lowest BCUT2D eigenvalue weighted by molar-refractivity contribution is 0.0937. The lowest BCUT2D eigenvalue weighted by atomic mass is 9.87. The molecule has 0 radical (unpaired) electrons. The molecule has 4 nitrogen and oxygen atoms in total. The molecule has 146 valence electrons. The zero-order valence-corrected chi connectivity index (χ0v) is 16.6. The molecule has 0 aliphatic heterocycles.